The van der Waals surface area contributed by atoms with Gasteiger partial charge in [0.25, 0.3) is 0 Å². The van der Waals surface area contributed by atoms with E-state index in [1.807, 2.05) is 6.07 Å². The summed E-state index contributed by atoms with van der Waals surface area (Å²) in [4.78, 5) is 0. The van der Waals surface area contributed by atoms with Crippen LogP contribution < -0.4 is 0 Å². The zero-order valence-electron chi connectivity index (χ0n) is 35.5. The molecule has 0 radical (unpaired) electrons. The highest BCUT2D eigenvalue weighted by atomic mass is 16.3. The first-order chi connectivity index (χ1) is 29.1. The molecule has 8 aromatic carbocycles. The fourth-order valence-electron chi connectivity index (χ4n) is 10.8. The van der Waals surface area contributed by atoms with Crippen molar-refractivity contribution < 1.29 is 4.42 Å². The number of rotatable bonds is 7. The summed E-state index contributed by atoms with van der Waals surface area (Å²) >= 11 is 0. The molecule has 0 fully saturated rings. The molecule has 0 spiro atoms. The Morgan fingerprint density at radius 2 is 1.05 bits per heavy atom. The lowest BCUT2D eigenvalue weighted by Gasteiger charge is -2.23. The fourth-order valence-corrected chi connectivity index (χ4v) is 10.8. The highest BCUT2D eigenvalue weighted by Gasteiger charge is 2.38. The lowest BCUT2D eigenvalue weighted by atomic mass is 9.80. The number of fused-ring (bicyclic) bond motifs is 9. The van der Waals surface area contributed by atoms with Crippen LogP contribution in [-0.2, 0) is 17.3 Å². The standard InChI is InChI=1S/C59H50O/c1-36-18-29-49-52(33-36)59(5,6)54-34-37(2)32-50(56(49)54)42-27-23-40(24-28-42)43(30-19-38-20-31-46-45-12-7-9-16-51(45)58(3,4)53(46)35-38)39-21-25-41(26-22-39)44-14-11-15-48-47-13-8-10-17-55(47)60-57(44)48/h7-18,20-29,31-35,43H,19,30H2,1-6H3. The molecule has 1 unspecified atom stereocenters. The maximum atomic E-state index is 6.46. The zero-order valence-corrected chi connectivity index (χ0v) is 35.5. The van der Waals surface area contributed by atoms with Crippen molar-refractivity contribution in [1.82, 2.24) is 0 Å². The molecule has 1 atom stereocenters. The van der Waals surface area contributed by atoms with Crippen LogP contribution in [0.5, 0.6) is 0 Å². The number of aryl methyl sites for hydroxylation is 3. The molecule has 1 nitrogen and oxygen atoms in total. The second-order valence-electron chi connectivity index (χ2n) is 18.6. The van der Waals surface area contributed by atoms with Gasteiger partial charge in [-0.1, -0.05) is 197 Å². The Morgan fingerprint density at radius 3 is 1.83 bits per heavy atom. The average Bonchev–Trinajstić information content (AvgIpc) is 3.83. The number of benzene rings is 8. The highest BCUT2D eigenvalue weighted by molar-refractivity contribution is 6.09. The van der Waals surface area contributed by atoms with Crippen LogP contribution in [0.3, 0.4) is 0 Å². The van der Waals surface area contributed by atoms with E-state index in [-0.39, 0.29) is 16.7 Å². The molecule has 1 aromatic heterocycles. The molecule has 292 valence electrons. The molecule has 60 heavy (non-hydrogen) atoms. The van der Waals surface area contributed by atoms with Gasteiger partial charge in [0, 0.05) is 33.1 Å². The van der Waals surface area contributed by atoms with Gasteiger partial charge in [-0.25, -0.2) is 0 Å². The smallest absolute Gasteiger partial charge is 0.143 e. The molecule has 0 amide bonds. The van der Waals surface area contributed by atoms with Crippen LogP contribution >= 0.6 is 0 Å². The van der Waals surface area contributed by atoms with Crippen molar-refractivity contribution in [2.75, 3.05) is 0 Å². The molecule has 2 aliphatic rings. The Morgan fingerprint density at radius 1 is 0.450 bits per heavy atom. The van der Waals surface area contributed by atoms with Gasteiger partial charge in [0.05, 0.1) is 0 Å². The highest BCUT2D eigenvalue weighted by Crippen LogP contribution is 2.53. The van der Waals surface area contributed by atoms with Crippen LogP contribution in [-0.4, -0.2) is 0 Å². The van der Waals surface area contributed by atoms with E-state index in [0.717, 1.165) is 40.3 Å². The monoisotopic (exact) mass is 774 g/mol. The largest absolute Gasteiger partial charge is 0.455 e. The minimum atomic E-state index is -0.0415. The van der Waals surface area contributed by atoms with Crippen LogP contribution in [0.15, 0.2) is 168 Å². The number of para-hydroxylation sites is 2. The van der Waals surface area contributed by atoms with Crippen molar-refractivity contribution in [1.29, 1.82) is 0 Å². The Kier molecular flexibility index (Phi) is 8.27. The van der Waals surface area contributed by atoms with E-state index in [9.17, 15) is 0 Å². The summed E-state index contributed by atoms with van der Waals surface area (Å²) in [6.07, 6.45) is 1.99. The van der Waals surface area contributed by atoms with Gasteiger partial charge in [0.15, 0.2) is 0 Å². The first kappa shape index (κ1) is 36.6. The summed E-state index contributed by atoms with van der Waals surface area (Å²) in [5, 5.41) is 2.32. The van der Waals surface area contributed by atoms with Gasteiger partial charge in [-0.15, -0.1) is 0 Å². The lowest BCUT2D eigenvalue weighted by Crippen LogP contribution is -2.15. The van der Waals surface area contributed by atoms with Crippen LogP contribution in [0, 0.1) is 13.8 Å². The molecule has 1 heterocycles. The normalized spacial score (nSPS) is 14.8. The molecular weight excluding hydrogens is 725 g/mol. The van der Waals surface area contributed by atoms with E-state index in [4.69, 9.17) is 4.42 Å². The summed E-state index contributed by atoms with van der Waals surface area (Å²) in [6.45, 7) is 14.0. The predicted molar refractivity (Wildman–Crippen MR) is 252 cm³/mol. The summed E-state index contributed by atoms with van der Waals surface area (Å²) in [7, 11) is 0. The van der Waals surface area contributed by atoms with E-state index in [2.05, 4.69) is 199 Å². The van der Waals surface area contributed by atoms with Gasteiger partial charge in [-0.2, -0.15) is 0 Å². The molecule has 0 N–H and O–H groups in total. The van der Waals surface area contributed by atoms with Gasteiger partial charge in [0.1, 0.15) is 11.2 Å². The third-order valence-corrected chi connectivity index (χ3v) is 14.1. The maximum Gasteiger partial charge on any atom is 0.143 e. The molecule has 11 rings (SSSR count). The van der Waals surface area contributed by atoms with E-state index in [1.54, 1.807) is 0 Å². The third-order valence-electron chi connectivity index (χ3n) is 14.1. The second kappa shape index (κ2) is 13.5. The molecule has 2 aliphatic carbocycles. The van der Waals surface area contributed by atoms with Crippen LogP contribution in [0.2, 0.25) is 0 Å². The minimum absolute atomic E-state index is 0.0137. The molecule has 0 saturated heterocycles. The van der Waals surface area contributed by atoms with Gasteiger partial charge in [0.2, 0.25) is 0 Å². The SMILES string of the molecule is Cc1ccc2c(c1)C(C)(C)c1cc(C)cc(-c3ccc(C(CCc4ccc5c(c4)C(C)(C)c4ccccc4-5)c4ccc(-c5cccc6c5oc5ccccc56)cc4)cc3)c1-2. The second-order valence-corrected chi connectivity index (χ2v) is 18.6. The van der Waals surface area contributed by atoms with Gasteiger partial charge in [-0.3, -0.25) is 0 Å². The quantitative estimate of drug-likeness (QED) is 0.157. The Bertz CT molecular complexity index is 3150. The molecular formula is C59H50O. The summed E-state index contributed by atoms with van der Waals surface area (Å²) < 4.78 is 6.46. The van der Waals surface area contributed by atoms with Gasteiger partial charge >= 0.3 is 0 Å². The Hall–Kier alpha value is -6.44. The lowest BCUT2D eigenvalue weighted by molar-refractivity contribution is 0.657. The van der Waals surface area contributed by atoms with Crippen molar-refractivity contribution in [3.05, 3.63) is 214 Å². The van der Waals surface area contributed by atoms with Crippen LogP contribution in [0.4, 0.5) is 0 Å². The fraction of sp³-hybridized carbons (Fsp3) is 0.186. The van der Waals surface area contributed by atoms with Crippen molar-refractivity contribution in [3.8, 4) is 44.5 Å². The van der Waals surface area contributed by atoms with Crippen molar-refractivity contribution in [2.24, 2.45) is 0 Å². The third kappa shape index (κ3) is 5.66. The Labute approximate surface area is 354 Å². The number of furan rings is 1. The summed E-state index contributed by atoms with van der Waals surface area (Å²) in [5.74, 6) is 0.222. The molecule has 1 heteroatoms. The van der Waals surface area contributed by atoms with Crippen molar-refractivity contribution >= 4 is 21.9 Å². The first-order valence-electron chi connectivity index (χ1n) is 21.7. The molecule has 0 saturated carbocycles. The van der Waals surface area contributed by atoms with E-state index >= 15 is 0 Å². The van der Waals surface area contributed by atoms with E-state index in [0.29, 0.717) is 0 Å². The average molecular weight is 775 g/mol. The number of hydrogen-bond acceptors (Lipinski definition) is 1. The predicted octanol–water partition coefficient (Wildman–Crippen LogP) is 15.9. The molecule has 9 aromatic rings. The summed E-state index contributed by atoms with van der Waals surface area (Å²) in [5.41, 5.74) is 24.7. The zero-order chi connectivity index (χ0) is 40.9. The molecule has 0 aliphatic heterocycles. The topological polar surface area (TPSA) is 13.1 Å². The minimum Gasteiger partial charge on any atom is -0.455 e. The first-order valence-corrected chi connectivity index (χ1v) is 21.7. The van der Waals surface area contributed by atoms with Crippen LogP contribution in [0.1, 0.15) is 90.1 Å². The van der Waals surface area contributed by atoms with E-state index in [1.165, 1.54) is 89.0 Å². The van der Waals surface area contributed by atoms with Gasteiger partial charge in [-0.05, 0) is 111 Å². The van der Waals surface area contributed by atoms with Gasteiger partial charge < -0.3 is 4.42 Å². The number of hydrogen-bond donors (Lipinski definition) is 0. The van der Waals surface area contributed by atoms with Crippen molar-refractivity contribution in [2.45, 2.75) is 71.1 Å². The summed E-state index contributed by atoms with van der Waals surface area (Å²) in [6, 6.07) is 61.7. The van der Waals surface area contributed by atoms with Crippen molar-refractivity contribution in [3.63, 3.8) is 0 Å². The van der Waals surface area contributed by atoms with E-state index < -0.39 is 0 Å². The maximum absolute atomic E-state index is 6.46. The molecule has 0 bridgehead atoms. The van der Waals surface area contributed by atoms with Crippen LogP contribution in [0.25, 0.3) is 66.4 Å². The Balaban J connectivity index is 0.970.